The lowest BCUT2D eigenvalue weighted by molar-refractivity contribution is 0.101. The van der Waals surface area contributed by atoms with Gasteiger partial charge in [-0.1, -0.05) is 48.0 Å². The van der Waals surface area contributed by atoms with Crippen LogP contribution in [0.15, 0.2) is 83.5 Å². The van der Waals surface area contributed by atoms with Gasteiger partial charge in [-0.2, -0.15) is 0 Å². The zero-order chi connectivity index (χ0) is 16.6. The number of aromatic nitrogens is 1. The van der Waals surface area contributed by atoms with Crippen LogP contribution in [0.2, 0.25) is 5.02 Å². The lowest BCUT2D eigenvalue weighted by Crippen LogP contribution is -2.28. The van der Waals surface area contributed by atoms with E-state index in [9.17, 15) is 5.11 Å². The van der Waals surface area contributed by atoms with Crippen molar-refractivity contribution in [2.24, 2.45) is 0 Å². The lowest BCUT2D eigenvalue weighted by Gasteiger charge is -2.26. The fourth-order valence-electron chi connectivity index (χ4n) is 2.88. The highest BCUT2D eigenvalue weighted by Crippen LogP contribution is 2.39. The van der Waals surface area contributed by atoms with Crippen molar-refractivity contribution in [3.8, 4) is 0 Å². The van der Waals surface area contributed by atoms with E-state index >= 15 is 0 Å². The Bertz CT molecular complexity index is 946. The van der Waals surface area contributed by atoms with Crippen molar-refractivity contribution in [1.82, 2.24) is 4.98 Å². The largest absolute Gasteiger partial charge is 0.457 e. The topological polar surface area (TPSA) is 46.3 Å². The van der Waals surface area contributed by atoms with Gasteiger partial charge in [0.1, 0.15) is 11.3 Å². The van der Waals surface area contributed by atoms with Crippen molar-refractivity contribution in [3.63, 3.8) is 0 Å². The summed E-state index contributed by atoms with van der Waals surface area (Å²) in [7, 11) is 0. The van der Waals surface area contributed by atoms with Crippen molar-refractivity contribution >= 4 is 22.6 Å². The molecule has 0 saturated carbocycles. The summed E-state index contributed by atoms with van der Waals surface area (Å²) in [5.74, 6) is 0.444. The highest BCUT2D eigenvalue weighted by atomic mass is 35.5. The van der Waals surface area contributed by atoms with E-state index in [-0.39, 0.29) is 0 Å². The second-order valence-corrected chi connectivity index (χ2v) is 6.04. The minimum absolute atomic E-state index is 0.444. The number of para-hydroxylation sites is 1. The molecule has 2 aromatic heterocycles. The van der Waals surface area contributed by atoms with Gasteiger partial charge in [0, 0.05) is 28.4 Å². The Labute approximate surface area is 144 Å². The number of aliphatic hydroxyl groups is 1. The standard InChI is InChI=1S/C20H14ClNO2/c21-17-9-7-15(8-10-17)20(23,16-5-3-11-22-13-16)19-12-14-4-1-2-6-18(14)24-19/h1-13,23H. The van der Waals surface area contributed by atoms with Crippen LogP contribution in [0.25, 0.3) is 11.0 Å². The summed E-state index contributed by atoms with van der Waals surface area (Å²) in [6.07, 6.45) is 3.31. The number of pyridine rings is 1. The van der Waals surface area contributed by atoms with Gasteiger partial charge in [0.2, 0.25) is 0 Å². The van der Waals surface area contributed by atoms with E-state index in [1.807, 2.05) is 36.4 Å². The summed E-state index contributed by atoms with van der Waals surface area (Å²) >= 11 is 6.00. The predicted octanol–water partition coefficient (Wildman–Crippen LogP) is 4.77. The molecule has 1 atom stereocenters. The van der Waals surface area contributed by atoms with Crippen molar-refractivity contribution in [2.75, 3.05) is 0 Å². The SMILES string of the molecule is OC(c1ccc(Cl)cc1)(c1cccnc1)c1cc2ccccc2o1. The van der Waals surface area contributed by atoms with Crippen LogP contribution in [0.4, 0.5) is 0 Å². The van der Waals surface area contributed by atoms with Crippen LogP contribution in [0.1, 0.15) is 16.9 Å². The summed E-state index contributed by atoms with van der Waals surface area (Å²) in [5.41, 5.74) is 0.576. The molecule has 0 radical (unpaired) electrons. The normalized spacial score (nSPS) is 13.8. The first-order valence-electron chi connectivity index (χ1n) is 7.56. The third-order valence-electron chi connectivity index (χ3n) is 4.12. The number of fused-ring (bicyclic) bond motifs is 1. The molecule has 0 fully saturated rings. The Morgan fingerprint density at radius 2 is 1.71 bits per heavy atom. The fraction of sp³-hybridized carbons (Fsp3) is 0.0500. The van der Waals surface area contributed by atoms with Gasteiger partial charge in [-0.05, 0) is 35.9 Å². The number of hydrogen-bond donors (Lipinski definition) is 1. The van der Waals surface area contributed by atoms with Gasteiger partial charge in [-0.25, -0.2) is 0 Å². The minimum Gasteiger partial charge on any atom is -0.457 e. The summed E-state index contributed by atoms with van der Waals surface area (Å²) in [6, 6.07) is 20.2. The number of hydrogen-bond acceptors (Lipinski definition) is 3. The van der Waals surface area contributed by atoms with E-state index in [1.54, 1.807) is 42.7 Å². The van der Waals surface area contributed by atoms with Crippen LogP contribution in [0.3, 0.4) is 0 Å². The fourth-order valence-corrected chi connectivity index (χ4v) is 3.01. The quantitative estimate of drug-likeness (QED) is 0.587. The van der Waals surface area contributed by atoms with E-state index in [1.165, 1.54) is 0 Å². The summed E-state index contributed by atoms with van der Waals surface area (Å²) in [6.45, 7) is 0. The molecule has 0 bridgehead atoms. The molecule has 4 rings (SSSR count). The van der Waals surface area contributed by atoms with Crippen molar-refractivity contribution in [1.29, 1.82) is 0 Å². The van der Waals surface area contributed by atoms with Gasteiger partial charge in [0.05, 0.1) is 0 Å². The number of rotatable bonds is 3. The third kappa shape index (κ3) is 2.39. The minimum atomic E-state index is -1.45. The first-order chi connectivity index (χ1) is 11.7. The number of nitrogens with zero attached hydrogens (tertiary/aromatic N) is 1. The molecular formula is C20H14ClNO2. The Hall–Kier alpha value is -2.62. The van der Waals surface area contributed by atoms with Crippen LogP contribution in [0, 0.1) is 0 Å². The van der Waals surface area contributed by atoms with Crippen LogP contribution in [0.5, 0.6) is 0 Å². The maximum absolute atomic E-state index is 11.6. The molecule has 2 heterocycles. The van der Waals surface area contributed by atoms with E-state index in [4.69, 9.17) is 16.0 Å². The van der Waals surface area contributed by atoms with Gasteiger partial charge in [0.25, 0.3) is 0 Å². The maximum atomic E-state index is 11.6. The third-order valence-corrected chi connectivity index (χ3v) is 4.38. The van der Waals surface area contributed by atoms with E-state index in [0.717, 1.165) is 11.0 Å². The molecule has 0 saturated heterocycles. The molecule has 4 aromatic rings. The van der Waals surface area contributed by atoms with Crippen LogP contribution in [-0.4, -0.2) is 10.1 Å². The molecule has 1 unspecified atom stereocenters. The highest BCUT2D eigenvalue weighted by molar-refractivity contribution is 6.30. The first kappa shape index (κ1) is 14.9. The second-order valence-electron chi connectivity index (χ2n) is 5.61. The van der Waals surface area contributed by atoms with Gasteiger partial charge < -0.3 is 9.52 Å². The molecule has 24 heavy (non-hydrogen) atoms. The molecule has 0 amide bonds. The maximum Gasteiger partial charge on any atom is 0.174 e. The molecule has 3 nitrogen and oxygen atoms in total. The molecule has 4 heteroatoms. The van der Waals surface area contributed by atoms with Crippen molar-refractivity contribution in [3.05, 3.63) is 101 Å². The van der Waals surface area contributed by atoms with Gasteiger partial charge in [-0.3, -0.25) is 4.98 Å². The molecular weight excluding hydrogens is 322 g/mol. The first-order valence-corrected chi connectivity index (χ1v) is 7.94. The molecule has 0 aliphatic rings. The van der Waals surface area contributed by atoms with E-state index in [0.29, 0.717) is 21.9 Å². The predicted molar refractivity (Wildman–Crippen MR) is 94.0 cm³/mol. The van der Waals surface area contributed by atoms with Gasteiger partial charge in [0.15, 0.2) is 5.60 Å². The Balaban J connectivity index is 1.98. The zero-order valence-electron chi connectivity index (χ0n) is 12.7. The molecule has 1 N–H and O–H groups in total. The van der Waals surface area contributed by atoms with Crippen LogP contribution >= 0.6 is 11.6 Å². The van der Waals surface area contributed by atoms with E-state index < -0.39 is 5.60 Å². The molecule has 118 valence electrons. The Kier molecular flexibility index (Phi) is 3.60. The summed E-state index contributed by atoms with van der Waals surface area (Å²) in [4.78, 5) is 4.15. The molecule has 2 aromatic carbocycles. The van der Waals surface area contributed by atoms with E-state index in [2.05, 4.69) is 4.98 Å². The number of benzene rings is 2. The molecule has 0 aliphatic carbocycles. The van der Waals surface area contributed by atoms with Gasteiger partial charge in [-0.15, -0.1) is 0 Å². The average molecular weight is 336 g/mol. The Morgan fingerprint density at radius 1 is 0.917 bits per heavy atom. The van der Waals surface area contributed by atoms with Crippen LogP contribution < -0.4 is 0 Å². The monoisotopic (exact) mass is 335 g/mol. The van der Waals surface area contributed by atoms with Crippen LogP contribution in [-0.2, 0) is 5.60 Å². The number of halogens is 1. The Morgan fingerprint density at radius 3 is 2.42 bits per heavy atom. The van der Waals surface area contributed by atoms with Crippen molar-refractivity contribution < 1.29 is 9.52 Å². The number of furan rings is 1. The average Bonchev–Trinajstić information content (AvgIpc) is 3.07. The highest BCUT2D eigenvalue weighted by Gasteiger charge is 2.37. The second kappa shape index (κ2) is 5.78. The molecule has 0 aliphatic heterocycles. The van der Waals surface area contributed by atoms with Gasteiger partial charge >= 0.3 is 0 Å². The molecule has 0 spiro atoms. The summed E-state index contributed by atoms with van der Waals surface area (Å²) in [5, 5.41) is 13.2. The summed E-state index contributed by atoms with van der Waals surface area (Å²) < 4.78 is 5.96. The lowest BCUT2D eigenvalue weighted by atomic mass is 9.85. The smallest absolute Gasteiger partial charge is 0.174 e. The zero-order valence-corrected chi connectivity index (χ0v) is 13.4. The van der Waals surface area contributed by atoms with Crippen molar-refractivity contribution in [2.45, 2.75) is 5.60 Å².